The van der Waals surface area contributed by atoms with Gasteiger partial charge >= 0.3 is 12.0 Å². The third kappa shape index (κ3) is 4.33. The van der Waals surface area contributed by atoms with Crippen molar-refractivity contribution in [2.75, 3.05) is 10.6 Å². The number of para-hydroxylation sites is 1. The monoisotopic (exact) mass is 362 g/mol. The van der Waals surface area contributed by atoms with Crippen LogP contribution in [-0.4, -0.2) is 17.1 Å². The third-order valence-electron chi connectivity index (χ3n) is 3.05. The summed E-state index contributed by atoms with van der Waals surface area (Å²) in [5, 5.41) is 14.3. The summed E-state index contributed by atoms with van der Waals surface area (Å²) in [6.07, 6.45) is -0.0731. The summed E-state index contributed by atoms with van der Waals surface area (Å²) in [6.45, 7) is 1.91. The largest absolute Gasteiger partial charge is 0.481 e. The number of anilines is 2. The summed E-state index contributed by atoms with van der Waals surface area (Å²) in [5.74, 6) is -0.904. The standard InChI is InChI=1S/C16H15BrN2O3/c1-10-4-2-3-5-14(10)19-16(22)18-12-7-6-11(8-15(20)21)13(17)9-12/h2-7,9H,8H2,1H3,(H,20,21)(H2,18,19,22). The molecule has 5 nitrogen and oxygen atoms in total. The number of amides is 2. The van der Waals surface area contributed by atoms with Gasteiger partial charge in [-0.2, -0.15) is 0 Å². The summed E-state index contributed by atoms with van der Waals surface area (Å²) < 4.78 is 0.642. The molecule has 0 aliphatic heterocycles. The van der Waals surface area contributed by atoms with E-state index < -0.39 is 5.97 Å². The first-order chi connectivity index (χ1) is 10.5. The Labute approximate surface area is 136 Å². The van der Waals surface area contributed by atoms with Crippen LogP contribution >= 0.6 is 15.9 Å². The zero-order valence-electron chi connectivity index (χ0n) is 11.9. The molecular weight excluding hydrogens is 348 g/mol. The first-order valence-electron chi connectivity index (χ1n) is 6.59. The quantitative estimate of drug-likeness (QED) is 0.768. The molecule has 0 heterocycles. The van der Waals surface area contributed by atoms with E-state index in [-0.39, 0.29) is 12.5 Å². The minimum absolute atomic E-state index is 0.0731. The molecule has 3 N–H and O–H groups in total. The van der Waals surface area contributed by atoms with Gasteiger partial charge in [-0.15, -0.1) is 0 Å². The Balaban J connectivity index is 2.04. The highest BCUT2D eigenvalue weighted by Gasteiger charge is 2.08. The molecule has 114 valence electrons. The summed E-state index contributed by atoms with van der Waals surface area (Å²) in [5.41, 5.74) is 2.93. The van der Waals surface area contributed by atoms with Gasteiger partial charge in [0.1, 0.15) is 0 Å². The number of urea groups is 1. The van der Waals surface area contributed by atoms with Crippen LogP contribution in [0.4, 0.5) is 16.2 Å². The number of carboxylic acid groups (broad SMARTS) is 1. The Hall–Kier alpha value is -2.34. The number of rotatable bonds is 4. The number of aliphatic carboxylic acids is 1. The van der Waals surface area contributed by atoms with E-state index in [2.05, 4.69) is 26.6 Å². The van der Waals surface area contributed by atoms with Crippen LogP contribution in [0, 0.1) is 6.92 Å². The second-order valence-corrected chi connectivity index (χ2v) is 5.63. The molecule has 0 bridgehead atoms. The van der Waals surface area contributed by atoms with E-state index in [1.54, 1.807) is 18.2 Å². The number of halogens is 1. The Bertz CT molecular complexity index is 716. The summed E-state index contributed by atoms with van der Waals surface area (Å²) in [6, 6.07) is 12.1. The fourth-order valence-corrected chi connectivity index (χ4v) is 2.45. The minimum Gasteiger partial charge on any atom is -0.481 e. The van der Waals surface area contributed by atoms with Gasteiger partial charge in [0.2, 0.25) is 0 Å². The average Bonchev–Trinajstić information content (AvgIpc) is 2.44. The number of carbonyl (C=O) groups excluding carboxylic acids is 1. The maximum Gasteiger partial charge on any atom is 0.323 e. The second kappa shape index (κ2) is 7.09. The number of benzene rings is 2. The van der Waals surface area contributed by atoms with Crippen molar-refractivity contribution in [3.05, 3.63) is 58.1 Å². The topological polar surface area (TPSA) is 78.4 Å². The number of carbonyl (C=O) groups is 2. The molecule has 2 aromatic carbocycles. The Morgan fingerprint density at radius 1 is 1.14 bits per heavy atom. The van der Waals surface area contributed by atoms with E-state index in [9.17, 15) is 9.59 Å². The first kappa shape index (κ1) is 16.0. The van der Waals surface area contributed by atoms with Crippen molar-refractivity contribution < 1.29 is 14.7 Å². The number of hydrogen-bond donors (Lipinski definition) is 3. The van der Waals surface area contributed by atoms with Crippen molar-refractivity contribution in [3.8, 4) is 0 Å². The highest BCUT2D eigenvalue weighted by atomic mass is 79.9. The van der Waals surface area contributed by atoms with Crippen molar-refractivity contribution in [1.82, 2.24) is 0 Å². The SMILES string of the molecule is Cc1ccccc1NC(=O)Nc1ccc(CC(=O)O)c(Br)c1. The van der Waals surface area contributed by atoms with E-state index in [1.165, 1.54) is 0 Å². The van der Waals surface area contributed by atoms with Crippen molar-refractivity contribution in [2.45, 2.75) is 13.3 Å². The smallest absolute Gasteiger partial charge is 0.323 e. The lowest BCUT2D eigenvalue weighted by atomic mass is 10.1. The molecule has 0 saturated heterocycles. The van der Waals surface area contributed by atoms with Gasteiger partial charge in [0.05, 0.1) is 6.42 Å². The highest BCUT2D eigenvalue weighted by Crippen LogP contribution is 2.22. The zero-order valence-corrected chi connectivity index (χ0v) is 13.5. The molecule has 2 amide bonds. The fourth-order valence-electron chi connectivity index (χ4n) is 1.93. The van der Waals surface area contributed by atoms with Gasteiger partial charge in [0, 0.05) is 15.8 Å². The van der Waals surface area contributed by atoms with E-state index in [0.717, 1.165) is 11.3 Å². The first-order valence-corrected chi connectivity index (χ1v) is 7.39. The van der Waals surface area contributed by atoms with E-state index >= 15 is 0 Å². The lowest BCUT2D eigenvalue weighted by Crippen LogP contribution is -2.20. The minimum atomic E-state index is -0.904. The van der Waals surface area contributed by atoms with E-state index in [4.69, 9.17) is 5.11 Å². The molecule has 6 heteroatoms. The molecular formula is C16H15BrN2O3. The van der Waals surface area contributed by atoms with Crippen LogP contribution in [0.2, 0.25) is 0 Å². The Morgan fingerprint density at radius 3 is 2.50 bits per heavy atom. The molecule has 0 aliphatic rings. The highest BCUT2D eigenvalue weighted by molar-refractivity contribution is 9.10. The summed E-state index contributed by atoms with van der Waals surface area (Å²) >= 11 is 3.31. The van der Waals surface area contributed by atoms with E-state index in [0.29, 0.717) is 15.7 Å². The molecule has 22 heavy (non-hydrogen) atoms. The predicted molar refractivity (Wildman–Crippen MR) is 89.3 cm³/mol. The van der Waals surface area contributed by atoms with Gasteiger partial charge in [-0.3, -0.25) is 4.79 Å². The third-order valence-corrected chi connectivity index (χ3v) is 3.78. The summed E-state index contributed by atoms with van der Waals surface area (Å²) in [7, 11) is 0. The van der Waals surface area contributed by atoms with Crippen LogP contribution < -0.4 is 10.6 Å². The lowest BCUT2D eigenvalue weighted by Gasteiger charge is -2.11. The van der Waals surface area contributed by atoms with Gasteiger partial charge < -0.3 is 15.7 Å². The number of aryl methyl sites for hydroxylation is 1. The fraction of sp³-hybridized carbons (Fsp3) is 0.125. The van der Waals surface area contributed by atoms with Crippen molar-refractivity contribution >= 4 is 39.3 Å². The predicted octanol–water partition coefficient (Wildman–Crippen LogP) is 4.03. The van der Waals surface area contributed by atoms with Crippen molar-refractivity contribution in [3.63, 3.8) is 0 Å². The molecule has 0 aliphatic carbocycles. The Kier molecular flexibility index (Phi) is 5.16. The average molecular weight is 363 g/mol. The van der Waals surface area contributed by atoms with Crippen molar-refractivity contribution in [2.24, 2.45) is 0 Å². The Morgan fingerprint density at radius 2 is 1.86 bits per heavy atom. The molecule has 2 rings (SSSR count). The number of hydrogen-bond acceptors (Lipinski definition) is 2. The maximum absolute atomic E-state index is 12.0. The van der Waals surface area contributed by atoms with Crippen LogP contribution in [0.25, 0.3) is 0 Å². The number of carboxylic acids is 1. The van der Waals surface area contributed by atoms with Gasteiger partial charge in [0.25, 0.3) is 0 Å². The molecule has 0 aromatic heterocycles. The van der Waals surface area contributed by atoms with Gasteiger partial charge in [-0.25, -0.2) is 4.79 Å². The van der Waals surface area contributed by atoms with Crippen LogP contribution in [-0.2, 0) is 11.2 Å². The van der Waals surface area contributed by atoms with Crippen LogP contribution in [0.3, 0.4) is 0 Å². The van der Waals surface area contributed by atoms with Crippen molar-refractivity contribution in [1.29, 1.82) is 0 Å². The molecule has 0 atom stereocenters. The van der Waals surface area contributed by atoms with Gasteiger partial charge in [0.15, 0.2) is 0 Å². The normalized spacial score (nSPS) is 10.1. The molecule has 0 radical (unpaired) electrons. The zero-order chi connectivity index (χ0) is 16.1. The van der Waals surface area contributed by atoms with Gasteiger partial charge in [-0.05, 0) is 36.2 Å². The molecule has 0 saturated carbocycles. The van der Waals surface area contributed by atoms with Crippen LogP contribution in [0.1, 0.15) is 11.1 Å². The number of nitrogens with one attached hydrogen (secondary N) is 2. The summed E-state index contributed by atoms with van der Waals surface area (Å²) in [4.78, 5) is 22.7. The van der Waals surface area contributed by atoms with E-state index in [1.807, 2.05) is 31.2 Å². The molecule has 2 aromatic rings. The second-order valence-electron chi connectivity index (χ2n) is 4.77. The van der Waals surface area contributed by atoms with Gasteiger partial charge in [-0.1, -0.05) is 40.2 Å². The molecule has 0 unspecified atom stereocenters. The maximum atomic E-state index is 12.0. The molecule has 0 spiro atoms. The lowest BCUT2D eigenvalue weighted by molar-refractivity contribution is -0.136. The van der Waals surface area contributed by atoms with Crippen LogP contribution in [0.5, 0.6) is 0 Å². The van der Waals surface area contributed by atoms with Crippen LogP contribution in [0.15, 0.2) is 46.9 Å². The molecule has 0 fully saturated rings.